The molecule has 4 rings (SSSR count). The summed E-state index contributed by atoms with van der Waals surface area (Å²) in [5.74, 6) is 0.592. The smallest absolute Gasteiger partial charge is 0.251 e. The third-order valence-electron chi connectivity index (χ3n) is 5.01. The van der Waals surface area contributed by atoms with Gasteiger partial charge in [-0.2, -0.15) is 0 Å². The number of hydrogen-bond donors (Lipinski definition) is 1. The molecule has 0 aliphatic rings. The third kappa shape index (κ3) is 5.94. The van der Waals surface area contributed by atoms with Crippen molar-refractivity contribution < 1.29 is 19.0 Å². The first-order valence-electron chi connectivity index (χ1n) is 10.7. The number of hydrogen-bond acceptors (Lipinski definition) is 6. The minimum atomic E-state index is -0.154. The fourth-order valence-electron chi connectivity index (χ4n) is 3.33. The molecule has 1 amide bonds. The van der Waals surface area contributed by atoms with Crippen LogP contribution in [0.1, 0.15) is 15.9 Å². The van der Waals surface area contributed by atoms with E-state index >= 15 is 0 Å². The number of rotatable bonds is 11. The summed E-state index contributed by atoms with van der Waals surface area (Å²) in [7, 11) is 1.64. The molecule has 4 aromatic rings. The lowest BCUT2D eigenvalue weighted by Crippen LogP contribution is -2.22. The highest BCUT2D eigenvalue weighted by Gasteiger charge is 2.11. The van der Waals surface area contributed by atoms with E-state index in [0.717, 1.165) is 28.0 Å². The monoisotopic (exact) mass is 446 g/mol. The lowest BCUT2D eigenvalue weighted by Gasteiger charge is -2.10. The molecule has 0 saturated heterocycles. The molecular weight excluding hydrogens is 420 g/mol. The first kappa shape index (κ1) is 22.4. The number of pyridine rings is 1. The van der Waals surface area contributed by atoms with Crippen molar-refractivity contribution in [1.82, 2.24) is 19.9 Å². The van der Waals surface area contributed by atoms with E-state index in [0.29, 0.717) is 38.5 Å². The topological polar surface area (TPSA) is 87.5 Å². The average molecular weight is 447 g/mol. The van der Waals surface area contributed by atoms with Gasteiger partial charge in [-0.3, -0.25) is 14.3 Å². The maximum atomic E-state index is 12.6. The first-order chi connectivity index (χ1) is 16.2. The maximum absolute atomic E-state index is 12.6. The highest BCUT2D eigenvalue weighted by molar-refractivity contribution is 5.97. The Morgan fingerprint density at radius 2 is 1.94 bits per heavy atom. The van der Waals surface area contributed by atoms with E-state index < -0.39 is 0 Å². The number of nitrogens with zero attached hydrogens (tertiary/aromatic N) is 3. The van der Waals surface area contributed by atoms with Crippen LogP contribution in [0, 0.1) is 0 Å². The van der Waals surface area contributed by atoms with Crippen molar-refractivity contribution in [2.75, 3.05) is 33.5 Å². The molecular formula is C25H26N4O4. The molecule has 0 spiro atoms. The molecule has 170 valence electrons. The van der Waals surface area contributed by atoms with Crippen molar-refractivity contribution in [3.63, 3.8) is 0 Å². The van der Waals surface area contributed by atoms with Crippen LogP contribution in [0.5, 0.6) is 5.75 Å². The molecule has 1 N–H and O–H groups in total. The number of nitrogens with one attached hydrogen (secondary N) is 1. The number of methoxy groups -OCH3 is 1. The first-order valence-corrected chi connectivity index (χ1v) is 10.7. The normalized spacial score (nSPS) is 10.9. The summed E-state index contributed by atoms with van der Waals surface area (Å²) in [6.07, 6.45) is 5.18. The van der Waals surface area contributed by atoms with Crippen molar-refractivity contribution in [3.8, 4) is 11.4 Å². The Bertz CT molecular complexity index is 1190. The van der Waals surface area contributed by atoms with Gasteiger partial charge in [-0.05, 0) is 42.0 Å². The number of benzene rings is 2. The molecule has 8 nitrogen and oxygen atoms in total. The molecule has 33 heavy (non-hydrogen) atoms. The predicted octanol–water partition coefficient (Wildman–Crippen LogP) is 3.39. The van der Waals surface area contributed by atoms with Crippen molar-refractivity contribution >= 4 is 16.9 Å². The van der Waals surface area contributed by atoms with Gasteiger partial charge in [0.1, 0.15) is 18.7 Å². The van der Waals surface area contributed by atoms with Gasteiger partial charge in [0.05, 0.1) is 36.5 Å². The lowest BCUT2D eigenvalue weighted by molar-refractivity contribution is 0.0544. The number of ether oxygens (including phenoxy) is 3. The molecule has 0 unspecified atom stereocenters. The second kappa shape index (κ2) is 11.2. The zero-order valence-electron chi connectivity index (χ0n) is 18.4. The molecule has 0 radical (unpaired) electrons. The van der Waals surface area contributed by atoms with Crippen LogP contribution in [-0.2, 0) is 16.0 Å². The van der Waals surface area contributed by atoms with E-state index in [1.807, 2.05) is 47.0 Å². The van der Waals surface area contributed by atoms with Crippen LogP contribution in [-0.4, -0.2) is 54.0 Å². The minimum absolute atomic E-state index is 0.154. The van der Waals surface area contributed by atoms with E-state index in [1.54, 1.807) is 38.0 Å². The molecule has 0 fully saturated rings. The minimum Gasteiger partial charge on any atom is -0.491 e. The largest absolute Gasteiger partial charge is 0.491 e. The molecule has 0 saturated carbocycles. The van der Waals surface area contributed by atoms with Crippen molar-refractivity contribution in [3.05, 3.63) is 84.4 Å². The van der Waals surface area contributed by atoms with E-state index in [2.05, 4.69) is 15.3 Å². The van der Waals surface area contributed by atoms with Crippen molar-refractivity contribution in [1.29, 1.82) is 0 Å². The fraction of sp³-hybridized carbons (Fsp3) is 0.240. The van der Waals surface area contributed by atoms with E-state index in [1.165, 1.54) is 0 Å². The van der Waals surface area contributed by atoms with Crippen LogP contribution >= 0.6 is 0 Å². The second-order valence-corrected chi connectivity index (χ2v) is 7.31. The summed E-state index contributed by atoms with van der Waals surface area (Å²) >= 11 is 0. The Morgan fingerprint density at radius 3 is 2.79 bits per heavy atom. The van der Waals surface area contributed by atoms with Gasteiger partial charge in [0.2, 0.25) is 0 Å². The number of fused-ring (bicyclic) bond motifs is 1. The second-order valence-electron chi connectivity index (χ2n) is 7.31. The third-order valence-corrected chi connectivity index (χ3v) is 5.01. The van der Waals surface area contributed by atoms with Gasteiger partial charge >= 0.3 is 0 Å². The van der Waals surface area contributed by atoms with Gasteiger partial charge < -0.3 is 19.5 Å². The molecule has 8 heteroatoms. The number of carbonyl (C=O) groups excluding carboxylic acids is 1. The average Bonchev–Trinajstić information content (AvgIpc) is 3.29. The summed E-state index contributed by atoms with van der Waals surface area (Å²) in [5, 5.41) is 2.91. The number of amides is 1. The van der Waals surface area contributed by atoms with Crippen LogP contribution < -0.4 is 10.1 Å². The Balaban J connectivity index is 1.41. The van der Waals surface area contributed by atoms with Crippen LogP contribution in [0.15, 0.2) is 73.3 Å². The van der Waals surface area contributed by atoms with Gasteiger partial charge in [0.15, 0.2) is 0 Å². The Hall–Kier alpha value is -3.75. The summed E-state index contributed by atoms with van der Waals surface area (Å²) in [6, 6.07) is 17.0. The Kier molecular flexibility index (Phi) is 7.63. The number of carbonyl (C=O) groups is 1. The van der Waals surface area contributed by atoms with Gasteiger partial charge in [-0.15, -0.1) is 0 Å². The highest BCUT2D eigenvalue weighted by Crippen LogP contribution is 2.22. The molecule has 0 bridgehead atoms. The number of imidazole rings is 1. The van der Waals surface area contributed by atoms with Gasteiger partial charge in [-0.1, -0.05) is 12.1 Å². The fourth-order valence-corrected chi connectivity index (χ4v) is 3.33. The summed E-state index contributed by atoms with van der Waals surface area (Å²) < 4.78 is 18.1. The quantitative estimate of drug-likeness (QED) is 0.356. The van der Waals surface area contributed by atoms with Crippen LogP contribution in [0.4, 0.5) is 0 Å². The SMILES string of the molecule is COCCOCCOc1cccc(-n2cnc3cc(C(=O)NCc4cccnc4)ccc32)c1. The van der Waals surface area contributed by atoms with Gasteiger partial charge in [0, 0.05) is 37.7 Å². The van der Waals surface area contributed by atoms with Crippen molar-refractivity contribution in [2.24, 2.45) is 0 Å². The van der Waals surface area contributed by atoms with Crippen LogP contribution in [0.25, 0.3) is 16.7 Å². The molecule has 2 aromatic heterocycles. The summed E-state index contributed by atoms with van der Waals surface area (Å²) in [5.41, 5.74) is 4.06. The highest BCUT2D eigenvalue weighted by atomic mass is 16.5. The molecule has 2 heterocycles. The zero-order valence-corrected chi connectivity index (χ0v) is 18.4. The number of aromatic nitrogens is 3. The standard InChI is InChI=1S/C25H26N4O4/c1-31-10-11-32-12-13-33-22-6-2-5-21(15-22)29-18-28-23-14-20(7-8-24(23)29)25(30)27-17-19-4-3-9-26-16-19/h2-9,14-16,18H,10-13,17H2,1H3,(H,27,30). The summed E-state index contributed by atoms with van der Waals surface area (Å²) in [6.45, 7) is 2.48. The molecule has 0 atom stereocenters. The molecule has 0 aliphatic heterocycles. The summed E-state index contributed by atoms with van der Waals surface area (Å²) in [4.78, 5) is 21.1. The Labute approximate surface area is 192 Å². The van der Waals surface area contributed by atoms with Crippen LogP contribution in [0.2, 0.25) is 0 Å². The molecule has 2 aromatic carbocycles. The van der Waals surface area contributed by atoms with E-state index in [-0.39, 0.29) is 5.91 Å². The predicted molar refractivity (Wildman–Crippen MR) is 125 cm³/mol. The maximum Gasteiger partial charge on any atom is 0.251 e. The van der Waals surface area contributed by atoms with Gasteiger partial charge in [-0.25, -0.2) is 4.98 Å². The van der Waals surface area contributed by atoms with Crippen molar-refractivity contribution in [2.45, 2.75) is 6.54 Å². The Morgan fingerprint density at radius 1 is 1.03 bits per heavy atom. The van der Waals surface area contributed by atoms with E-state index in [4.69, 9.17) is 14.2 Å². The van der Waals surface area contributed by atoms with Gasteiger partial charge in [0.25, 0.3) is 5.91 Å². The zero-order chi connectivity index (χ0) is 22.9. The lowest BCUT2D eigenvalue weighted by atomic mass is 10.1. The van der Waals surface area contributed by atoms with Crippen LogP contribution in [0.3, 0.4) is 0 Å². The molecule has 0 aliphatic carbocycles. The van der Waals surface area contributed by atoms with E-state index in [9.17, 15) is 4.79 Å².